The van der Waals surface area contributed by atoms with Gasteiger partial charge in [-0.3, -0.25) is 0 Å². The van der Waals surface area contributed by atoms with Crippen LogP contribution in [0.25, 0.3) is 0 Å². The smallest absolute Gasteiger partial charge is 0.308 e. The van der Waals surface area contributed by atoms with E-state index in [0.717, 1.165) is 18.2 Å². The quantitative estimate of drug-likeness (QED) is 0.558. The number of benzene rings is 2. The largest absolute Gasteiger partial charge is 0.454 e. The molecule has 0 spiro atoms. The van der Waals surface area contributed by atoms with Crippen LogP contribution in [-0.4, -0.2) is 27.0 Å². The number of quaternary nitrogens is 1. The number of sulfonamides is 1. The zero-order valence-corrected chi connectivity index (χ0v) is 16.4. The van der Waals surface area contributed by atoms with Gasteiger partial charge in [0.15, 0.2) is 17.3 Å². The van der Waals surface area contributed by atoms with E-state index in [-0.39, 0.29) is 29.5 Å². The normalized spacial score (nSPS) is 21.7. The highest BCUT2D eigenvalue weighted by molar-refractivity contribution is 7.91. The van der Waals surface area contributed by atoms with Crippen LogP contribution in [0.1, 0.15) is 6.92 Å². The molecule has 0 saturated heterocycles. The third-order valence-corrected chi connectivity index (χ3v) is 6.78. The molecule has 2 unspecified atom stereocenters. The van der Waals surface area contributed by atoms with Gasteiger partial charge in [0.25, 0.3) is 6.30 Å². The van der Waals surface area contributed by atoms with E-state index in [9.17, 15) is 17.2 Å². The van der Waals surface area contributed by atoms with E-state index in [1.165, 1.54) is 43.5 Å². The summed E-state index contributed by atoms with van der Waals surface area (Å²) in [5.41, 5.74) is 6.26. The Morgan fingerprint density at radius 1 is 1.14 bits per heavy atom. The summed E-state index contributed by atoms with van der Waals surface area (Å²) >= 11 is 0. The number of ether oxygens (including phenoxy) is 1. The number of rotatable bonds is 6. The van der Waals surface area contributed by atoms with Crippen LogP contribution in [0.2, 0.25) is 0 Å². The van der Waals surface area contributed by atoms with Crippen LogP contribution in [0.5, 0.6) is 11.5 Å². The molecule has 2 aromatic rings. The predicted molar refractivity (Wildman–Crippen MR) is 105 cm³/mol. The van der Waals surface area contributed by atoms with Gasteiger partial charge in [-0.15, -0.1) is 3.89 Å². The van der Waals surface area contributed by atoms with E-state index in [1.807, 2.05) is 0 Å². The summed E-state index contributed by atoms with van der Waals surface area (Å²) in [6.07, 6.45) is 2.05. The maximum Gasteiger partial charge on any atom is 0.308 e. The Labute approximate surface area is 167 Å². The highest BCUT2D eigenvalue weighted by atomic mass is 32.2. The molecule has 2 aromatic carbocycles. The molecular formula is C20H20F3N2O3S+. The van der Waals surface area contributed by atoms with E-state index in [2.05, 4.69) is 0 Å². The van der Waals surface area contributed by atoms with Gasteiger partial charge in [0.05, 0.1) is 5.75 Å². The van der Waals surface area contributed by atoms with Gasteiger partial charge in [0, 0.05) is 36.4 Å². The Bertz CT molecular complexity index is 1070. The van der Waals surface area contributed by atoms with E-state index < -0.39 is 31.8 Å². The summed E-state index contributed by atoms with van der Waals surface area (Å²) in [6.45, 7) is 1.48. The summed E-state index contributed by atoms with van der Waals surface area (Å²) in [4.78, 5) is 0. The van der Waals surface area contributed by atoms with Gasteiger partial charge < -0.3 is 10.5 Å². The molecule has 0 radical (unpaired) electrons. The Morgan fingerprint density at radius 2 is 1.83 bits per heavy atom. The first-order valence-corrected chi connectivity index (χ1v) is 10.4. The van der Waals surface area contributed by atoms with Gasteiger partial charge in [-0.05, 0) is 37.3 Å². The van der Waals surface area contributed by atoms with Crippen LogP contribution in [0, 0.1) is 11.6 Å². The van der Waals surface area contributed by atoms with E-state index >= 15 is 4.39 Å². The van der Waals surface area contributed by atoms with E-state index in [4.69, 9.17) is 10.5 Å². The lowest BCUT2D eigenvalue weighted by molar-refractivity contribution is 0.257. The van der Waals surface area contributed by atoms with Crippen LogP contribution in [0.15, 0.2) is 66.4 Å². The van der Waals surface area contributed by atoms with Crippen LogP contribution in [0.3, 0.4) is 0 Å². The van der Waals surface area contributed by atoms with Crippen LogP contribution >= 0.6 is 0 Å². The topological polar surface area (TPSA) is 69.4 Å². The molecule has 0 fully saturated rings. The lowest BCUT2D eigenvalue weighted by Crippen LogP contribution is -2.56. The second-order valence-electron chi connectivity index (χ2n) is 6.39. The van der Waals surface area contributed by atoms with Gasteiger partial charge in [-0.25, -0.2) is 8.78 Å². The number of alkyl halides is 1. The fourth-order valence-corrected chi connectivity index (χ4v) is 4.61. The van der Waals surface area contributed by atoms with Crippen molar-refractivity contribution >= 4 is 15.7 Å². The Morgan fingerprint density at radius 3 is 2.41 bits per heavy atom. The van der Waals surface area contributed by atoms with E-state index in [1.54, 1.807) is 0 Å². The molecule has 5 nitrogen and oxygen atoms in total. The molecule has 29 heavy (non-hydrogen) atoms. The molecule has 154 valence electrons. The standard InChI is InChI=1S/C20H20F3N2O3S/c1-2-29(26,27)25(13-14(12-24)3-10-20(25)23)16-5-7-17(8-6-16)28-19-9-4-15(21)11-18(19)22/h3-11,13,20H,2,12,24H2,1H3/q+1. The fourth-order valence-electron chi connectivity index (χ4n) is 3.07. The van der Waals surface area contributed by atoms with Crippen molar-refractivity contribution in [1.82, 2.24) is 3.89 Å². The molecular weight excluding hydrogens is 405 g/mol. The molecule has 0 amide bonds. The molecule has 0 aromatic heterocycles. The average Bonchev–Trinajstić information content (AvgIpc) is 2.71. The number of hydrogen-bond donors (Lipinski definition) is 1. The molecule has 2 N–H and O–H groups in total. The first-order chi connectivity index (χ1) is 13.7. The van der Waals surface area contributed by atoms with Crippen LogP contribution < -0.4 is 14.4 Å². The zero-order valence-electron chi connectivity index (χ0n) is 15.6. The second-order valence-corrected chi connectivity index (χ2v) is 8.74. The van der Waals surface area contributed by atoms with Crippen molar-refractivity contribution in [2.24, 2.45) is 5.73 Å². The minimum atomic E-state index is -3.97. The number of nitrogens with zero attached hydrogens (tertiary/aromatic N) is 1. The second kappa shape index (κ2) is 8.02. The van der Waals surface area contributed by atoms with Gasteiger partial charge in [0.1, 0.15) is 17.8 Å². The summed E-state index contributed by atoms with van der Waals surface area (Å²) in [6, 6.07) is 8.44. The van der Waals surface area contributed by atoms with Crippen molar-refractivity contribution in [2.75, 3.05) is 12.3 Å². The summed E-state index contributed by atoms with van der Waals surface area (Å²) in [5.74, 6) is -1.94. The molecule has 0 aliphatic carbocycles. The molecule has 0 saturated carbocycles. The number of halogens is 3. The number of hydrogen-bond acceptors (Lipinski definition) is 4. The van der Waals surface area contributed by atoms with Gasteiger partial charge in [-0.2, -0.15) is 12.8 Å². The molecule has 3 rings (SSSR count). The summed E-state index contributed by atoms with van der Waals surface area (Å²) in [7, 11) is -3.97. The average molecular weight is 425 g/mol. The van der Waals surface area contributed by atoms with Crippen LogP contribution in [0.4, 0.5) is 18.9 Å². The molecule has 9 heteroatoms. The Hall–Kier alpha value is -2.62. The van der Waals surface area contributed by atoms with Gasteiger partial charge in [-0.1, -0.05) is 0 Å². The zero-order chi connectivity index (χ0) is 21.2. The number of nitrogens with two attached hydrogens (primary N) is 1. The SMILES string of the molecule is CCS(=O)(=O)[N+]1(c2ccc(Oc3ccc(F)cc3F)cc2)C=C(CN)C=CC1F. The van der Waals surface area contributed by atoms with Gasteiger partial charge >= 0.3 is 10.0 Å². The summed E-state index contributed by atoms with van der Waals surface area (Å²) < 4.78 is 71.9. The predicted octanol–water partition coefficient (Wildman–Crippen LogP) is 4.12. The minimum Gasteiger partial charge on any atom is -0.454 e. The van der Waals surface area contributed by atoms with Crippen molar-refractivity contribution in [3.8, 4) is 11.5 Å². The fraction of sp³-hybridized carbons (Fsp3) is 0.200. The third kappa shape index (κ3) is 3.81. The van der Waals surface area contributed by atoms with Crippen LogP contribution in [-0.2, 0) is 10.0 Å². The van der Waals surface area contributed by atoms with Crippen molar-refractivity contribution in [3.63, 3.8) is 0 Å². The molecule has 2 atom stereocenters. The monoisotopic (exact) mass is 425 g/mol. The molecule has 0 bridgehead atoms. The van der Waals surface area contributed by atoms with E-state index in [0.29, 0.717) is 11.6 Å². The van der Waals surface area contributed by atoms with Crippen molar-refractivity contribution < 1.29 is 26.3 Å². The van der Waals surface area contributed by atoms with Crippen molar-refractivity contribution in [1.29, 1.82) is 0 Å². The Kier molecular flexibility index (Phi) is 5.83. The maximum atomic E-state index is 15.0. The molecule has 1 aliphatic rings. The van der Waals surface area contributed by atoms with Crippen molar-refractivity contribution in [3.05, 3.63) is 78.0 Å². The van der Waals surface area contributed by atoms with Crippen molar-refractivity contribution in [2.45, 2.75) is 13.2 Å². The maximum absolute atomic E-state index is 15.0. The lowest BCUT2D eigenvalue weighted by Gasteiger charge is -2.36. The highest BCUT2D eigenvalue weighted by Crippen LogP contribution is 2.38. The first kappa shape index (κ1) is 21.1. The molecule has 1 aliphatic heterocycles. The molecule has 1 heterocycles. The third-order valence-electron chi connectivity index (χ3n) is 4.62. The summed E-state index contributed by atoms with van der Waals surface area (Å²) in [5, 5.41) is 0. The highest BCUT2D eigenvalue weighted by Gasteiger charge is 2.49. The van der Waals surface area contributed by atoms with Gasteiger partial charge in [0.2, 0.25) is 0 Å². The Balaban J connectivity index is 2.03. The first-order valence-electron chi connectivity index (χ1n) is 8.82. The minimum absolute atomic E-state index is 0.0491. The lowest BCUT2D eigenvalue weighted by atomic mass is 10.1.